The van der Waals surface area contributed by atoms with E-state index in [4.69, 9.17) is 0 Å². The van der Waals surface area contributed by atoms with Crippen molar-refractivity contribution in [2.75, 3.05) is 20.1 Å². The van der Waals surface area contributed by atoms with Crippen LogP contribution in [0.25, 0.3) is 0 Å². The van der Waals surface area contributed by atoms with Gasteiger partial charge in [0.25, 0.3) is 5.91 Å². The fraction of sp³-hybridized carbons (Fsp3) is 0.769. The Morgan fingerprint density at radius 2 is 2.06 bits per heavy atom. The summed E-state index contributed by atoms with van der Waals surface area (Å²) in [6.45, 7) is 4.12. The Morgan fingerprint density at radius 1 is 1.31 bits per heavy atom. The minimum absolute atomic E-state index is 0.114. The molecule has 0 radical (unpaired) electrons. The number of rotatable bonds is 1. The van der Waals surface area contributed by atoms with E-state index in [2.05, 4.69) is 29.1 Å². The van der Waals surface area contributed by atoms with Gasteiger partial charge in [-0.25, -0.2) is 0 Å². The van der Waals surface area contributed by atoms with Gasteiger partial charge < -0.3 is 10.2 Å². The smallest absolute Gasteiger partial charge is 0.296 e. The van der Waals surface area contributed by atoms with Gasteiger partial charge in [-0.2, -0.15) is 0 Å². The maximum absolute atomic E-state index is 11.4. The van der Waals surface area contributed by atoms with Crippen LogP contribution in [0.4, 0.5) is 0 Å². The SMILES string of the molecule is CC#CC(=O)NC1CCC2CN(C)CC2C1. The molecule has 0 aromatic rings. The lowest BCUT2D eigenvalue weighted by molar-refractivity contribution is -0.116. The second-order valence-corrected chi connectivity index (χ2v) is 5.10. The van der Waals surface area contributed by atoms with Crippen LogP contribution < -0.4 is 5.32 Å². The van der Waals surface area contributed by atoms with Gasteiger partial charge in [-0.05, 0) is 51.0 Å². The van der Waals surface area contributed by atoms with E-state index in [-0.39, 0.29) is 5.91 Å². The van der Waals surface area contributed by atoms with Gasteiger partial charge in [-0.1, -0.05) is 5.92 Å². The minimum Gasteiger partial charge on any atom is -0.343 e. The molecule has 0 aromatic heterocycles. The van der Waals surface area contributed by atoms with E-state index >= 15 is 0 Å². The molecule has 1 amide bonds. The number of fused-ring (bicyclic) bond motifs is 1. The molecule has 1 saturated carbocycles. The number of likely N-dealkylation sites (tertiary alicyclic amines) is 1. The quantitative estimate of drug-likeness (QED) is 0.665. The van der Waals surface area contributed by atoms with E-state index in [0.717, 1.165) is 24.7 Å². The van der Waals surface area contributed by atoms with Gasteiger partial charge >= 0.3 is 0 Å². The number of nitrogens with one attached hydrogen (secondary N) is 1. The third-order valence-corrected chi connectivity index (χ3v) is 3.81. The molecule has 3 atom stereocenters. The lowest BCUT2D eigenvalue weighted by Gasteiger charge is -2.31. The highest BCUT2D eigenvalue weighted by atomic mass is 16.1. The molecule has 1 aliphatic heterocycles. The Hall–Kier alpha value is -1.01. The fourth-order valence-electron chi connectivity index (χ4n) is 3.13. The molecule has 0 aromatic carbocycles. The van der Waals surface area contributed by atoms with Crippen molar-refractivity contribution >= 4 is 5.91 Å². The molecule has 16 heavy (non-hydrogen) atoms. The highest BCUT2D eigenvalue weighted by Crippen LogP contribution is 2.35. The Bertz CT molecular complexity index is 329. The van der Waals surface area contributed by atoms with Crippen LogP contribution in [0.1, 0.15) is 26.2 Å². The summed E-state index contributed by atoms with van der Waals surface area (Å²) >= 11 is 0. The van der Waals surface area contributed by atoms with Crippen molar-refractivity contribution in [1.82, 2.24) is 10.2 Å². The first-order chi connectivity index (χ1) is 7.69. The van der Waals surface area contributed by atoms with Crippen LogP contribution in [0.5, 0.6) is 0 Å². The van der Waals surface area contributed by atoms with Crippen molar-refractivity contribution in [3.05, 3.63) is 0 Å². The number of nitrogens with zero attached hydrogens (tertiary/aromatic N) is 1. The summed E-state index contributed by atoms with van der Waals surface area (Å²) in [5.41, 5.74) is 0. The van der Waals surface area contributed by atoms with Crippen LogP contribution in [0.15, 0.2) is 0 Å². The minimum atomic E-state index is -0.114. The topological polar surface area (TPSA) is 32.3 Å². The molecule has 2 fully saturated rings. The summed E-state index contributed by atoms with van der Waals surface area (Å²) < 4.78 is 0. The molecule has 0 spiro atoms. The Kier molecular flexibility index (Phi) is 3.50. The van der Waals surface area contributed by atoms with Crippen molar-refractivity contribution < 1.29 is 4.79 Å². The van der Waals surface area contributed by atoms with Crippen LogP contribution in [-0.2, 0) is 4.79 Å². The largest absolute Gasteiger partial charge is 0.343 e. The molecule has 1 saturated heterocycles. The average molecular weight is 220 g/mol. The molecule has 3 nitrogen and oxygen atoms in total. The highest BCUT2D eigenvalue weighted by molar-refractivity contribution is 5.93. The maximum atomic E-state index is 11.4. The number of hydrogen-bond acceptors (Lipinski definition) is 2. The van der Waals surface area contributed by atoms with Crippen LogP contribution in [0.3, 0.4) is 0 Å². The van der Waals surface area contributed by atoms with E-state index in [1.54, 1.807) is 6.92 Å². The van der Waals surface area contributed by atoms with Gasteiger partial charge in [0.2, 0.25) is 0 Å². The molecule has 3 heteroatoms. The normalized spacial score (nSPS) is 33.8. The zero-order chi connectivity index (χ0) is 11.5. The van der Waals surface area contributed by atoms with E-state index in [1.165, 1.54) is 19.5 Å². The van der Waals surface area contributed by atoms with Crippen molar-refractivity contribution in [2.45, 2.75) is 32.2 Å². The molecule has 2 rings (SSSR count). The third kappa shape index (κ3) is 2.56. The zero-order valence-corrected chi connectivity index (χ0v) is 10.1. The first-order valence-electron chi connectivity index (χ1n) is 6.11. The van der Waals surface area contributed by atoms with Crippen LogP contribution in [0.2, 0.25) is 0 Å². The predicted molar refractivity (Wildman–Crippen MR) is 63.7 cm³/mol. The van der Waals surface area contributed by atoms with Crippen molar-refractivity contribution in [2.24, 2.45) is 11.8 Å². The predicted octanol–water partition coefficient (Wildman–Crippen LogP) is 0.856. The van der Waals surface area contributed by atoms with Gasteiger partial charge in [0, 0.05) is 19.1 Å². The number of carbonyl (C=O) groups is 1. The van der Waals surface area contributed by atoms with Gasteiger partial charge in [-0.3, -0.25) is 4.79 Å². The summed E-state index contributed by atoms with van der Waals surface area (Å²) in [7, 11) is 2.19. The zero-order valence-electron chi connectivity index (χ0n) is 10.1. The van der Waals surface area contributed by atoms with E-state index in [9.17, 15) is 4.79 Å². The molecule has 88 valence electrons. The number of amides is 1. The standard InChI is InChI=1S/C13H20N2O/c1-3-4-13(16)14-12-6-5-10-8-15(2)9-11(10)7-12/h10-12H,5-9H2,1-2H3,(H,14,16). The summed E-state index contributed by atoms with van der Waals surface area (Å²) in [5.74, 6) is 6.71. The summed E-state index contributed by atoms with van der Waals surface area (Å²) in [6, 6.07) is 0.348. The molecule has 1 aliphatic carbocycles. The Morgan fingerprint density at radius 3 is 2.81 bits per heavy atom. The third-order valence-electron chi connectivity index (χ3n) is 3.81. The number of carbonyl (C=O) groups excluding carboxylic acids is 1. The van der Waals surface area contributed by atoms with Gasteiger partial charge in [0.15, 0.2) is 0 Å². The first-order valence-corrected chi connectivity index (χ1v) is 6.11. The summed E-state index contributed by atoms with van der Waals surface area (Å²) in [5, 5.41) is 3.02. The first kappa shape index (κ1) is 11.5. The molecular formula is C13H20N2O. The van der Waals surface area contributed by atoms with Crippen LogP contribution in [-0.4, -0.2) is 37.0 Å². The Balaban J connectivity index is 1.86. The van der Waals surface area contributed by atoms with Crippen LogP contribution in [0, 0.1) is 23.7 Å². The second kappa shape index (κ2) is 4.88. The molecule has 1 N–H and O–H groups in total. The van der Waals surface area contributed by atoms with E-state index in [0.29, 0.717) is 6.04 Å². The van der Waals surface area contributed by atoms with Gasteiger partial charge in [-0.15, -0.1) is 0 Å². The van der Waals surface area contributed by atoms with Gasteiger partial charge in [0.1, 0.15) is 0 Å². The highest BCUT2D eigenvalue weighted by Gasteiger charge is 2.36. The Labute approximate surface area is 97.6 Å². The van der Waals surface area contributed by atoms with Crippen molar-refractivity contribution in [3.8, 4) is 11.8 Å². The maximum Gasteiger partial charge on any atom is 0.296 e. The van der Waals surface area contributed by atoms with E-state index < -0.39 is 0 Å². The molecule has 0 bridgehead atoms. The lowest BCUT2D eigenvalue weighted by atomic mass is 9.79. The molecule has 3 unspecified atom stereocenters. The van der Waals surface area contributed by atoms with Crippen molar-refractivity contribution in [3.63, 3.8) is 0 Å². The van der Waals surface area contributed by atoms with Crippen molar-refractivity contribution in [1.29, 1.82) is 0 Å². The fourth-order valence-corrected chi connectivity index (χ4v) is 3.13. The molecule has 1 heterocycles. The van der Waals surface area contributed by atoms with Gasteiger partial charge in [0.05, 0.1) is 0 Å². The summed E-state index contributed by atoms with van der Waals surface area (Å²) in [4.78, 5) is 13.8. The summed E-state index contributed by atoms with van der Waals surface area (Å²) in [6.07, 6.45) is 3.50. The monoisotopic (exact) mass is 220 g/mol. The number of hydrogen-bond donors (Lipinski definition) is 1. The second-order valence-electron chi connectivity index (χ2n) is 5.10. The molecule has 2 aliphatic rings. The lowest BCUT2D eigenvalue weighted by Crippen LogP contribution is -2.40. The van der Waals surface area contributed by atoms with Crippen LogP contribution >= 0.6 is 0 Å². The average Bonchev–Trinajstić information content (AvgIpc) is 2.57. The van der Waals surface area contributed by atoms with E-state index in [1.807, 2.05) is 0 Å². The molecular weight excluding hydrogens is 200 g/mol.